The molecular formula is C18H18N2O2. The van der Waals surface area contributed by atoms with Gasteiger partial charge in [0.2, 0.25) is 5.91 Å². The minimum absolute atomic E-state index is 0.0780. The highest BCUT2D eigenvalue weighted by Crippen LogP contribution is 2.20. The Morgan fingerprint density at radius 1 is 1.00 bits per heavy atom. The molecule has 1 amide bonds. The average molecular weight is 294 g/mol. The van der Waals surface area contributed by atoms with E-state index in [9.17, 15) is 9.59 Å². The lowest BCUT2D eigenvalue weighted by Crippen LogP contribution is -2.35. The van der Waals surface area contributed by atoms with Crippen LogP contribution in [0.4, 0.5) is 5.69 Å². The van der Waals surface area contributed by atoms with Crippen molar-refractivity contribution in [2.45, 2.75) is 18.9 Å². The molecule has 0 aliphatic carbocycles. The van der Waals surface area contributed by atoms with Gasteiger partial charge in [-0.3, -0.25) is 9.59 Å². The molecule has 1 saturated heterocycles. The second-order valence-electron chi connectivity index (χ2n) is 5.38. The van der Waals surface area contributed by atoms with Crippen molar-refractivity contribution in [1.82, 2.24) is 5.32 Å². The Hall–Kier alpha value is -2.46. The highest BCUT2D eigenvalue weighted by atomic mass is 16.2. The van der Waals surface area contributed by atoms with E-state index < -0.39 is 0 Å². The Labute approximate surface area is 129 Å². The van der Waals surface area contributed by atoms with Gasteiger partial charge >= 0.3 is 0 Å². The highest BCUT2D eigenvalue weighted by Gasteiger charge is 2.23. The maximum absolute atomic E-state index is 12.6. The summed E-state index contributed by atoms with van der Waals surface area (Å²) < 4.78 is 0. The number of benzene rings is 2. The molecule has 1 fully saturated rings. The summed E-state index contributed by atoms with van der Waals surface area (Å²) in [7, 11) is 0. The van der Waals surface area contributed by atoms with Crippen LogP contribution < -0.4 is 10.6 Å². The molecule has 2 aromatic rings. The molecular weight excluding hydrogens is 276 g/mol. The first-order chi connectivity index (χ1) is 10.8. The van der Waals surface area contributed by atoms with E-state index in [0.717, 1.165) is 19.4 Å². The number of anilines is 1. The third-order valence-corrected chi connectivity index (χ3v) is 3.84. The number of hydrogen-bond acceptors (Lipinski definition) is 3. The molecule has 0 unspecified atom stereocenters. The van der Waals surface area contributed by atoms with E-state index in [1.165, 1.54) is 0 Å². The van der Waals surface area contributed by atoms with Gasteiger partial charge in [-0.05, 0) is 31.5 Å². The topological polar surface area (TPSA) is 58.2 Å². The maximum Gasteiger partial charge on any atom is 0.241 e. The summed E-state index contributed by atoms with van der Waals surface area (Å²) >= 11 is 0. The Morgan fingerprint density at radius 3 is 2.45 bits per heavy atom. The highest BCUT2D eigenvalue weighted by molar-refractivity contribution is 6.14. The number of nitrogens with one attached hydrogen (secondary N) is 2. The fourth-order valence-corrected chi connectivity index (χ4v) is 2.66. The van der Waals surface area contributed by atoms with Crippen LogP contribution in [-0.4, -0.2) is 24.3 Å². The van der Waals surface area contributed by atoms with E-state index >= 15 is 0 Å². The molecule has 1 atom stereocenters. The van der Waals surface area contributed by atoms with Gasteiger partial charge in [-0.1, -0.05) is 42.5 Å². The second kappa shape index (κ2) is 6.54. The standard InChI is InChI=1S/C18H18N2O2/c21-17(13-7-2-1-3-8-13)14-9-4-5-10-15(14)20-18(22)16-11-6-12-19-16/h1-5,7-10,16,19H,6,11-12H2,(H,20,22)/t16-/m1/s1. The zero-order valence-electron chi connectivity index (χ0n) is 12.2. The van der Waals surface area contributed by atoms with Crippen molar-refractivity contribution < 1.29 is 9.59 Å². The summed E-state index contributed by atoms with van der Waals surface area (Å²) in [5.41, 5.74) is 1.69. The van der Waals surface area contributed by atoms with E-state index in [1.54, 1.807) is 30.3 Å². The monoisotopic (exact) mass is 294 g/mol. The first kappa shape index (κ1) is 14.5. The first-order valence-corrected chi connectivity index (χ1v) is 7.49. The van der Waals surface area contributed by atoms with Gasteiger partial charge in [-0.2, -0.15) is 0 Å². The predicted molar refractivity (Wildman–Crippen MR) is 86.0 cm³/mol. The summed E-state index contributed by atoms with van der Waals surface area (Å²) in [6.07, 6.45) is 1.84. The second-order valence-corrected chi connectivity index (χ2v) is 5.38. The minimum atomic E-state index is -0.167. The summed E-state index contributed by atoms with van der Waals surface area (Å²) in [4.78, 5) is 24.8. The molecule has 2 N–H and O–H groups in total. The molecule has 2 aromatic carbocycles. The minimum Gasteiger partial charge on any atom is -0.324 e. The van der Waals surface area contributed by atoms with Crippen LogP contribution in [0.25, 0.3) is 0 Å². The first-order valence-electron chi connectivity index (χ1n) is 7.49. The van der Waals surface area contributed by atoms with E-state index in [0.29, 0.717) is 16.8 Å². The Bertz CT molecular complexity index is 676. The van der Waals surface area contributed by atoms with Crippen LogP contribution in [0.1, 0.15) is 28.8 Å². The van der Waals surface area contributed by atoms with Crippen molar-refractivity contribution in [2.75, 3.05) is 11.9 Å². The van der Waals surface area contributed by atoms with Gasteiger partial charge in [0.1, 0.15) is 0 Å². The number of ketones is 1. The zero-order chi connectivity index (χ0) is 15.4. The maximum atomic E-state index is 12.6. The lowest BCUT2D eigenvalue weighted by atomic mass is 10.0. The zero-order valence-corrected chi connectivity index (χ0v) is 12.2. The average Bonchev–Trinajstić information content (AvgIpc) is 3.10. The summed E-state index contributed by atoms with van der Waals surface area (Å²) in [5.74, 6) is -0.165. The van der Waals surface area contributed by atoms with E-state index in [2.05, 4.69) is 10.6 Å². The third kappa shape index (κ3) is 3.07. The summed E-state index contributed by atoms with van der Waals surface area (Å²) in [5, 5.41) is 6.04. The molecule has 0 aromatic heterocycles. The molecule has 0 radical (unpaired) electrons. The fraction of sp³-hybridized carbons (Fsp3) is 0.222. The van der Waals surface area contributed by atoms with Crippen LogP contribution in [0.15, 0.2) is 54.6 Å². The van der Waals surface area contributed by atoms with Gasteiger partial charge in [0.15, 0.2) is 5.78 Å². The van der Waals surface area contributed by atoms with Crippen LogP contribution in [0.3, 0.4) is 0 Å². The van der Waals surface area contributed by atoms with Crippen LogP contribution in [0, 0.1) is 0 Å². The molecule has 112 valence electrons. The Kier molecular flexibility index (Phi) is 4.30. The van der Waals surface area contributed by atoms with E-state index in [-0.39, 0.29) is 17.7 Å². The van der Waals surface area contributed by atoms with Crippen molar-refractivity contribution in [2.24, 2.45) is 0 Å². The Morgan fingerprint density at radius 2 is 1.73 bits per heavy atom. The molecule has 1 aliphatic heterocycles. The molecule has 1 heterocycles. The molecule has 1 aliphatic rings. The number of hydrogen-bond donors (Lipinski definition) is 2. The van der Waals surface area contributed by atoms with Gasteiger partial charge in [0, 0.05) is 11.1 Å². The van der Waals surface area contributed by atoms with Gasteiger partial charge in [0.25, 0.3) is 0 Å². The lowest BCUT2D eigenvalue weighted by molar-refractivity contribution is -0.117. The van der Waals surface area contributed by atoms with Crippen molar-refractivity contribution in [3.8, 4) is 0 Å². The normalized spacial score (nSPS) is 17.2. The predicted octanol–water partition coefficient (Wildman–Crippen LogP) is 2.61. The van der Waals surface area contributed by atoms with E-state index in [4.69, 9.17) is 0 Å². The largest absolute Gasteiger partial charge is 0.324 e. The number of carbonyl (C=O) groups is 2. The van der Waals surface area contributed by atoms with Crippen molar-refractivity contribution in [3.63, 3.8) is 0 Å². The number of amides is 1. The van der Waals surface area contributed by atoms with Crippen molar-refractivity contribution in [1.29, 1.82) is 0 Å². The quantitative estimate of drug-likeness (QED) is 0.852. The molecule has 4 heteroatoms. The van der Waals surface area contributed by atoms with Crippen LogP contribution in [0.5, 0.6) is 0 Å². The van der Waals surface area contributed by atoms with Gasteiger partial charge in [-0.25, -0.2) is 0 Å². The van der Waals surface area contributed by atoms with Crippen molar-refractivity contribution >= 4 is 17.4 Å². The molecule has 22 heavy (non-hydrogen) atoms. The Balaban J connectivity index is 1.83. The van der Waals surface area contributed by atoms with Crippen LogP contribution in [-0.2, 0) is 4.79 Å². The van der Waals surface area contributed by atoms with E-state index in [1.807, 2.05) is 24.3 Å². The SMILES string of the molecule is O=C(c1ccccc1)c1ccccc1NC(=O)[C@H]1CCCN1. The summed E-state index contributed by atoms with van der Waals surface area (Å²) in [6.45, 7) is 0.864. The van der Waals surface area contributed by atoms with Crippen LogP contribution in [0.2, 0.25) is 0 Å². The summed E-state index contributed by atoms with van der Waals surface area (Å²) in [6, 6.07) is 16.1. The molecule has 0 saturated carbocycles. The van der Waals surface area contributed by atoms with Gasteiger partial charge in [0.05, 0.1) is 11.7 Å². The van der Waals surface area contributed by atoms with Gasteiger partial charge < -0.3 is 10.6 Å². The van der Waals surface area contributed by atoms with Crippen molar-refractivity contribution in [3.05, 3.63) is 65.7 Å². The fourth-order valence-electron chi connectivity index (χ4n) is 2.66. The molecule has 4 nitrogen and oxygen atoms in total. The molecule has 3 rings (SSSR count). The number of rotatable bonds is 4. The molecule has 0 spiro atoms. The smallest absolute Gasteiger partial charge is 0.241 e. The number of carbonyl (C=O) groups excluding carboxylic acids is 2. The third-order valence-electron chi connectivity index (χ3n) is 3.84. The van der Waals surface area contributed by atoms with Crippen LogP contribution >= 0.6 is 0 Å². The lowest BCUT2D eigenvalue weighted by Gasteiger charge is -2.14. The van der Waals surface area contributed by atoms with Gasteiger partial charge in [-0.15, -0.1) is 0 Å². The molecule has 0 bridgehead atoms. The number of para-hydroxylation sites is 1.